The number of hydrogen-bond donors (Lipinski definition) is 3. The van der Waals surface area contributed by atoms with Crippen LogP contribution in [-0.2, 0) is 11.3 Å². The highest BCUT2D eigenvalue weighted by molar-refractivity contribution is 9.10. The van der Waals surface area contributed by atoms with Gasteiger partial charge in [-0.25, -0.2) is 9.38 Å². The number of benzene rings is 2. The summed E-state index contributed by atoms with van der Waals surface area (Å²) in [5.74, 6) is 0.434. The summed E-state index contributed by atoms with van der Waals surface area (Å²) >= 11 is 3.35. The lowest BCUT2D eigenvalue weighted by Gasteiger charge is -2.16. The van der Waals surface area contributed by atoms with Crippen molar-refractivity contribution in [3.8, 4) is 5.75 Å². The molecule has 3 rings (SSSR count). The fourth-order valence-corrected chi connectivity index (χ4v) is 3.07. The van der Waals surface area contributed by atoms with Crippen molar-refractivity contribution in [3.63, 3.8) is 0 Å². The number of phenols is 1. The molecule has 0 aromatic heterocycles. The summed E-state index contributed by atoms with van der Waals surface area (Å²) in [6, 6.07) is 11.5. The van der Waals surface area contributed by atoms with Gasteiger partial charge in [0.2, 0.25) is 0 Å². The zero-order chi connectivity index (χ0) is 18.4. The van der Waals surface area contributed by atoms with Crippen LogP contribution in [-0.4, -0.2) is 30.3 Å². The van der Waals surface area contributed by atoms with E-state index in [9.17, 15) is 9.50 Å². The molecule has 2 aromatic carbocycles. The second-order valence-electron chi connectivity index (χ2n) is 6.09. The van der Waals surface area contributed by atoms with Crippen LogP contribution in [0, 0.1) is 5.82 Å². The van der Waals surface area contributed by atoms with E-state index in [1.54, 1.807) is 36.4 Å². The first kappa shape index (κ1) is 18.7. The number of guanidine groups is 1. The summed E-state index contributed by atoms with van der Waals surface area (Å²) in [4.78, 5) is 4.49. The molecule has 2 aromatic rings. The van der Waals surface area contributed by atoms with Crippen LogP contribution in [0.1, 0.15) is 18.4 Å². The Morgan fingerprint density at radius 3 is 2.81 bits per heavy atom. The van der Waals surface area contributed by atoms with Gasteiger partial charge in [0.25, 0.3) is 0 Å². The number of nitrogens with one attached hydrogen (secondary N) is 2. The number of aliphatic imine (C=N–C) groups is 1. The van der Waals surface area contributed by atoms with Gasteiger partial charge in [-0.2, -0.15) is 0 Å². The average molecular weight is 422 g/mol. The predicted octanol–water partition coefficient (Wildman–Crippen LogP) is 4.03. The molecule has 1 fully saturated rings. The molecular formula is C19H21BrFN3O2. The van der Waals surface area contributed by atoms with Crippen molar-refractivity contribution in [1.29, 1.82) is 0 Å². The maximum Gasteiger partial charge on any atom is 0.196 e. The fourth-order valence-electron chi connectivity index (χ4n) is 2.67. The highest BCUT2D eigenvalue weighted by Crippen LogP contribution is 2.17. The number of hydrogen-bond acceptors (Lipinski definition) is 3. The minimum Gasteiger partial charge on any atom is -0.508 e. The first-order valence-electron chi connectivity index (χ1n) is 8.50. The van der Waals surface area contributed by atoms with Gasteiger partial charge in [-0.05, 0) is 55.3 Å². The molecule has 0 saturated carbocycles. The van der Waals surface area contributed by atoms with Gasteiger partial charge >= 0.3 is 0 Å². The normalized spacial score (nSPS) is 17.3. The van der Waals surface area contributed by atoms with Crippen LogP contribution < -0.4 is 10.6 Å². The number of aromatic hydroxyl groups is 1. The van der Waals surface area contributed by atoms with E-state index in [0.29, 0.717) is 18.1 Å². The van der Waals surface area contributed by atoms with E-state index in [1.807, 2.05) is 0 Å². The summed E-state index contributed by atoms with van der Waals surface area (Å²) < 4.78 is 20.4. The molecule has 26 heavy (non-hydrogen) atoms. The predicted molar refractivity (Wildman–Crippen MR) is 104 cm³/mol. The molecule has 138 valence electrons. The Hall–Kier alpha value is -2.12. The maximum atomic E-state index is 13.9. The lowest BCUT2D eigenvalue weighted by Crippen LogP contribution is -2.36. The van der Waals surface area contributed by atoms with Crippen molar-refractivity contribution in [2.24, 2.45) is 4.99 Å². The molecule has 0 amide bonds. The van der Waals surface area contributed by atoms with Gasteiger partial charge in [-0.1, -0.05) is 15.9 Å². The molecule has 7 heteroatoms. The van der Waals surface area contributed by atoms with Gasteiger partial charge < -0.3 is 20.5 Å². The molecule has 0 aliphatic carbocycles. The average Bonchev–Trinajstić information content (AvgIpc) is 3.15. The zero-order valence-electron chi connectivity index (χ0n) is 14.2. The molecule has 0 radical (unpaired) electrons. The molecule has 3 N–H and O–H groups in total. The lowest BCUT2D eigenvalue weighted by atomic mass is 10.2. The van der Waals surface area contributed by atoms with Gasteiger partial charge in [0, 0.05) is 28.9 Å². The Morgan fingerprint density at radius 1 is 1.27 bits per heavy atom. The third kappa shape index (κ3) is 5.44. The van der Waals surface area contributed by atoms with E-state index >= 15 is 0 Å². The molecule has 1 saturated heterocycles. The lowest BCUT2D eigenvalue weighted by molar-refractivity contribution is 0.114. The molecule has 1 atom stereocenters. The Balaban J connectivity index is 1.71. The highest BCUT2D eigenvalue weighted by atomic mass is 79.9. The summed E-state index contributed by atoms with van der Waals surface area (Å²) in [6.07, 6.45) is 2.23. The van der Waals surface area contributed by atoms with Crippen molar-refractivity contribution in [3.05, 3.63) is 58.3 Å². The number of nitrogens with zero attached hydrogens (tertiary/aromatic N) is 1. The second kappa shape index (κ2) is 9.00. The topological polar surface area (TPSA) is 65.9 Å². The fraction of sp³-hybridized carbons (Fsp3) is 0.316. The van der Waals surface area contributed by atoms with Crippen LogP contribution in [0.25, 0.3) is 0 Å². The van der Waals surface area contributed by atoms with Crippen LogP contribution in [0.5, 0.6) is 5.75 Å². The summed E-state index contributed by atoms with van der Waals surface area (Å²) in [5, 5.41) is 15.8. The minimum atomic E-state index is -0.292. The smallest absolute Gasteiger partial charge is 0.196 e. The molecule has 0 spiro atoms. The molecule has 1 heterocycles. The first-order chi connectivity index (χ1) is 12.6. The molecule has 1 aliphatic rings. The van der Waals surface area contributed by atoms with Crippen LogP contribution in [0.3, 0.4) is 0 Å². The van der Waals surface area contributed by atoms with Crippen molar-refractivity contribution in [2.75, 3.05) is 18.5 Å². The molecule has 1 aliphatic heterocycles. The largest absolute Gasteiger partial charge is 0.508 e. The Morgan fingerprint density at radius 2 is 2.08 bits per heavy atom. The van der Waals surface area contributed by atoms with E-state index in [-0.39, 0.29) is 24.2 Å². The standard InChI is InChI=1S/C19H21BrFN3O2/c20-14-3-8-18(21)13(10-14)11-22-19(23-12-17-2-1-9-26-17)24-15-4-6-16(25)7-5-15/h3-8,10,17,25H,1-2,9,11-12H2,(H2,22,23,24). The number of halogens is 2. The van der Waals surface area contributed by atoms with Crippen molar-refractivity contribution < 1.29 is 14.2 Å². The SMILES string of the molecule is Oc1ccc(NC(=NCc2cc(Br)ccc2F)NCC2CCCO2)cc1. The monoisotopic (exact) mass is 421 g/mol. The highest BCUT2D eigenvalue weighted by Gasteiger charge is 2.15. The summed E-state index contributed by atoms with van der Waals surface area (Å²) in [6.45, 7) is 1.61. The maximum absolute atomic E-state index is 13.9. The number of ether oxygens (including phenoxy) is 1. The van der Waals surface area contributed by atoms with E-state index in [2.05, 4.69) is 31.6 Å². The van der Waals surface area contributed by atoms with Crippen LogP contribution in [0.4, 0.5) is 10.1 Å². The van der Waals surface area contributed by atoms with Crippen molar-refractivity contribution in [2.45, 2.75) is 25.5 Å². The minimum absolute atomic E-state index is 0.157. The third-order valence-electron chi connectivity index (χ3n) is 4.07. The van der Waals surface area contributed by atoms with Crippen molar-refractivity contribution in [1.82, 2.24) is 5.32 Å². The number of rotatable bonds is 5. The second-order valence-corrected chi connectivity index (χ2v) is 7.00. The van der Waals surface area contributed by atoms with Gasteiger partial charge in [0.1, 0.15) is 11.6 Å². The summed E-state index contributed by atoms with van der Waals surface area (Å²) in [7, 11) is 0. The Labute approximate surface area is 160 Å². The van der Waals surface area contributed by atoms with Gasteiger partial charge in [0.15, 0.2) is 5.96 Å². The van der Waals surface area contributed by atoms with E-state index < -0.39 is 0 Å². The number of anilines is 1. The molecule has 0 bridgehead atoms. The van der Waals surface area contributed by atoms with Crippen molar-refractivity contribution >= 4 is 27.6 Å². The van der Waals surface area contributed by atoms with Crippen LogP contribution in [0.15, 0.2) is 51.9 Å². The Bertz CT molecular complexity index is 762. The Kier molecular flexibility index (Phi) is 6.46. The quantitative estimate of drug-likeness (QED) is 0.387. The van der Waals surface area contributed by atoms with Crippen LogP contribution in [0.2, 0.25) is 0 Å². The van der Waals surface area contributed by atoms with Gasteiger partial charge in [0.05, 0.1) is 12.6 Å². The van der Waals surface area contributed by atoms with Gasteiger partial charge in [-0.3, -0.25) is 0 Å². The van der Waals surface area contributed by atoms with E-state index in [1.165, 1.54) is 6.07 Å². The molecule has 1 unspecified atom stereocenters. The molecule has 5 nitrogen and oxygen atoms in total. The summed E-state index contributed by atoms with van der Waals surface area (Å²) in [5.41, 5.74) is 1.28. The van der Waals surface area contributed by atoms with E-state index in [4.69, 9.17) is 4.74 Å². The van der Waals surface area contributed by atoms with Gasteiger partial charge in [-0.15, -0.1) is 0 Å². The molecular weight excluding hydrogens is 401 g/mol. The zero-order valence-corrected chi connectivity index (χ0v) is 15.8. The van der Waals surface area contributed by atoms with Crippen LogP contribution >= 0.6 is 15.9 Å². The first-order valence-corrected chi connectivity index (χ1v) is 9.29. The number of phenolic OH excluding ortho intramolecular Hbond substituents is 1. The van der Waals surface area contributed by atoms with E-state index in [0.717, 1.165) is 29.6 Å². The third-order valence-corrected chi connectivity index (χ3v) is 4.56.